The summed E-state index contributed by atoms with van der Waals surface area (Å²) in [7, 11) is 1.43. The van der Waals surface area contributed by atoms with Crippen molar-refractivity contribution < 1.29 is 22.8 Å². The van der Waals surface area contributed by atoms with E-state index in [9.17, 15) is 18.4 Å². The Morgan fingerprint density at radius 2 is 2.10 bits per heavy atom. The zero-order chi connectivity index (χ0) is 20.5. The van der Waals surface area contributed by atoms with Gasteiger partial charge >= 0.3 is 12.4 Å². The standard InChI is InChI=1S/C18H17F2N5O4/c1-24-14(28-17(19)20)8-13(22-24)16(26)25(12-6-7-12)9-10-2-4-11(5-3-10)15-21-18(27)29-23-15/h2-5,8,12,17H,6-7,9H2,1H3,(H,21,23,27). The van der Waals surface area contributed by atoms with Crippen LogP contribution in [0, 0.1) is 0 Å². The van der Waals surface area contributed by atoms with Crippen molar-refractivity contribution in [2.75, 3.05) is 0 Å². The van der Waals surface area contributed by atoms with E-state index in [1.165, 1.54) is 13.1 Å². The molecule has 2 aromatic heterocycles. The first-order valence-electron chi connectivity index (χ1n) is 8.86. The molecule has 3 aromatic rings. The summed E-state index contributed by atoms with van der Waals surface area (Å²) in [5.74, 6) is -0.848. The van der Waals surface area contributed by atoms with E-state index in [0.717, 1.165) is 23.1 Å². The van der Waals surface area contributed by atoms with Crippen molar-refractivity contribution in [3.63, 3.8) is 0 Å². The van der Waals surface area contributed by atoms with Gasteiger partial charge in [-0.05, 0) is 18.4 Å². The normalized spacial score (nSPS) is 13.7. The fourth-order valence-corrected chi connectivity index (χ4v) is 2.98. The third kappa shape index (κ3) is 4.18. The monoisotopic (exact) mass is 405 g/mol. The van der Waals surface area contributed by atoms with E-state index < -0.39 is 12.4 Å². The highest BCUT2D eigenvalue weighted by molar-refractivity contribution is 5.93. The number of H-pyrrole nitrogens is 1. The Morgan fingerprint density at radius 3 is 2.69 bits per heavy atom. The number of aryl methyl sites for hydroxylation is 1. The number of benzene rings is 1. The second kappa shape index (κ2) is 7.49. The van der Waals surface area contributed by atoms with Crippen LogP contribution in [0.25, 0.3) is 11.4 Å². The number of aromatic nitrogens is 4. The molecule has 152 valence electrons. The van der Waals surface area contributed by atoms with Crippen molar-refractivity contribution in [3.05, 3.63) is 52.1 Å². The summed E-state index contributed by atoms with van der Waals surface area (Å²) in [5, 5.41) is 7.64. The number of rotatable bonds is 7. The lowest BCUT2D eigenvalue weighted by atomic mass is 10.1. The van der Waals surface area contributed by atoms with Gasteiger partial charge in [0.05, 0.1) is 0 Å². The molecule has 1 saturated carbocycles. The first-order chi connectivity index (χ1) is 13.9. The Kier molecular flexibility index (Phi) is 4.87. The molecule has 9 nitrogen and oxygen atoms in total. The predicted octanol–water partition coefficient (Wildman–Crippen LogP) is 2.17. The highest BCUT2D eigenvalue weighted by atomic mass is 19.3. The molecule has 0 saturated heterocycles. The van der Waals surface area contributed by atoms with Gasteiger partial charge in [0.15, 0.2) is 11.5 Å². The van der Waals surface area contributed by atoms with Crippen molar-refractivity contribution in [2.24, 2.45) is 7.05 Å². The molecular formula is C18H17F2N5O4. The first kappa shape index (κ1) is 18.8. The molecule has 1 aliphatic rings. The second-order valence-electron chi connectivity index (χ2n) is 6.67. The smallest absolute Gasteiger partial charge is 0.417 e. The number of hydrogen-bond donors (Lipinski definition) is 1. The average Bonchev–Trinajstić information content (AvgIpc) is 3.34. The molecule has 0 atom stereocenters. The van der Waals surface area contributed by atoms with Gasteiger partial charge in [-0.1, -0.05) is 29.4 Å². The zero-order valence-corrected chi connectivity index (χ0v) is 15.3. The highest BCUT2D eigenvalue weighted by Crippen LogP contribution is 2.30. The number of hydrogen-bond acceptors (Lipinski definition) is 6. The van der Waals surface area contributed by atoms with Gasteiger partial charge in [0.25, 0.3) is 5.91 Å². The van der Waals surface area contributed by atoms with E-state index in [2.05, 4.69) is 24.5 Å². The summed E-state index contributed by atoms with van der Waals surface area (Å²) in [5.41, 5.74) is 1.58. The third-order valence-corrected chi connectivity index (χ3v) is 4.53. The van der Waals surface area contributed by atoms with E-state index in [4.69, 9.17) is 0 Å². The van der Waals surface area contributed by atoms with Crippen LogP contribution >= 0.6 is 0 Å². The number of nitrogens with one attached hydrogen (secondary N) is 1. The third-order valence-electron chi connectivity index (χ3n) is 4.53. The Labute approximate surface area is 162 Å². The summed E-state index contributed by atoms with van der Waals surface area (Å²) in [4.78, 5) is 28.1. The van der Waals surface area contributed by atoms with Gasteiger partial charge in [-0.2, -0.15) is 13.9 Å². The number of alkyl halides is 2. The lowest BCUT2D eigenvalue weighted by Gasteiger charge is -2.21. The summed E-state index contributed by atoms with van der Waals surface area (Å²) < 4.78 is 34.9. The van der Waals surface area contributed by atoms with Gasteiger partial charge < -0.3 is 9.64 Å². The number of nitrogens with zero attached hydrogens (tertiary/aromatic N) is 4. The van der Waals surface area contributed by atoms with E-state index in [1.54, 1.807) is 17.0 Å². The Bertz CT molecular complexity index is 1070. The van der Waals surface area contributed by atoms with Crippen LogP contribution in [-0.2, 0) is 13.6 Å². The number of halogens is 2. The minimum atomic E-state index is -2.99. The summed E-state index contributed by atoms with van der Waals surface area (Å²) >= 11 is 0. The van der Waals surface area contributed by atoms with Crippen molar-refractivity contribution in [2.45, 2.75) is 32.0 Å². The number of carbonyl (C=O) groups is 1. The maximum atomic E-state index is 12.9. The lowest BCUT2D eigenvalue weighted by Crippen LogP contribution is -2.33. The Balaban J connectivity index is 1.51. The summed E-state index contributed by atoms with van der Waals surface area (Å²) in [6.07, 6.45) is 1.74. The molecule has 1 aliphatic carbocycles. The number of carbonyl (C=O) groups excluding carboxylic acids is 1. The molecule has 2 heterocycles. The van der Waals surface area contributed by atoms with E-state index >= 15 is 0 Å². The molecule has 1 amide bonds. The lowest BCUT2D eigenvalue weighted by molar-refractivity contribution is -0.0553. The Morgan fingerprint density at radius 1 is 1.38 bits per heavy atom. The minimum Gasteiger partial charge on any atom is -0.417 e. The fourth-order valence-electron chi connectivity index (χ4n) is 2.98. The molecule has 0 aliphatic heterocycles. The Hall–Kier alpha value is -3.50. The largest absolute Gasteiger partial charge is 0.439 e. The molecule has 4 rings (SSSR count). The van der Waals surface area contributed by atoms with Crippen molar-refractivity contribution in [3.8, 4) is 17.3 Å². The van der Waals surface area contributed by atoms with Crippen LogP contribution < -0.4 is 10.5 Å². The summed E-state index contributed by atoms with van der Waals surface area (Å²) in [6.45, 7) is -2.66. The summed E-state index contributed by atoms with van der Waals surface area (Å²) in [6, 6.07) is 8.44. The second-order valence-corrected chi connectivity index (χ2v) is 6.67. The van der Waals surface area contributed by atoms with E-state index in [1.807, 2.05) is 12.1 Å². The highest BCUT2D eigenvalue weighted by Gasteiger charge is 2.34. The van der Waals surface area contributed by atoms with E-state index in [0.29, 0.717) is 17.9 Å². The van der Waals surface area contributed by atoms with Gasteiger partial charge in [0.2, 0.25) is 5.88 Å². The molecule has 0 bridgehead atoms. The van der Waals surface area contributed by atoms with Crippen molar-refractivity contribution in [1.29, 1.82) is 0 Å². The molecule has 1 aromatic carbocycles. The van der Waals surface area contributed by atoms with Crippen LogP contribution in [0.15, 0.2) is 39.6 Å². The number of aromatic amines is 1. The van der Waals surface area contributed by atoms with E-state index in [-0.39, 0.29) is 23.5 Å². The van der Waals surface area contributed by atoms with Crippen LogP contribution in [0.5, 0.6) is 5.88 Å². The van der Waals surface area contributed by atoms with Gasteiger partial charge in [-0.15, -0.1) is 0 Å². The fraction of sp³-hybridized carbons (Fsp3) is 0.333. The molecule has 11 heteroatoms. The molecule has 1 N–H and O–H groups in total. The number of ether oxygens (including phenoxy) is 1. The average molecular weight is 405 g/mol. The van der Waals surface area contributed by atoms with Crippen LogP contribution in [0.2, 0.25) is 0 Å². The molecule has 0 spiro atoms. The maximum Gasteiger partial charge on any atom is 0.439 e. The van der Waals surface area contributed by atoms with Crippen molar-refractivity contribution >= 4 is 5.91 Å². The quantitative estimate of drug-likeness (QED) is 0.646. The van der Waals surface area contributed by atoms with Gasteiger partial charge in [0, 0.05) is 31.3 Å². The minimum absolute atomic E-state index is 0.0480. The topological polar surface area (TPSA) is 106 Å². The SMILES string of the molecule is Cn1nc(C(=O)N(Cc2ccc(-c3noc(=O)[nH]3)cc2)C2CC2)cc1OC(F)F. The molecule has 29 heavy (non-hydrogen) atoms. The van der Waals surface area contributed by atoms with Crippen LogP contribution in [0.3, 0.4) is 0 Å². The predicted molar refractivity (Wildman–Crippen MR) is 95.3 cm³/mol. The van der Waals surface area contributed by atoms with Crippen LogP contribution in [0.1, 0.15) is 28.9 Å². The molecular weight excluding hydrogens is 388 g/mol. The zero-order valence-electron chi connectivity index (χ0n) is 15.3. The molecule has 0 radical (unpaired) electrons. The van der Waals surface area contributed by atoms with Crippen molar-refractivity contribution in [1.82, 2.24) is 24.8 Å². The number of amides is 1. The van der Waals surface area contributed by atoms with Crippen LogP contribution in [-0.4, -0.2) is 43.4 Å². The first-order valence-corrected chi connectivity index (χ1v) is 8.86. The maximum absolute atomic E-state index is 12.9. The molecule has 1 fully saturated rings. The van der Waals surface area contributed by atoms with Crippen LogP contribution in [0.4, 0.5) is 8.78 Å². The van der Waals surface area contributed by atoms with Gasteiger partial charge in [-0.25, -0.2) is 9.48 Å². The molecule has 0 unspecified atom stereocenters. The van der Waals surface area contributed by atoms with Gasteiger partial charge in [0.1, 0.15) is 0 Å². The van der Waals surface area contributed by atoms with Gasteiger partial charge in [-0.3, -0.25) is 14.3 Å².